The van der Waals surface area contributed by atoms with Gasteiger partial charge in [0.1, 0.15) is 0 Å². The minimum absolute atomic E-state index is 0.0141. The average Bonchev–Trinajstić information content (AvgIpc) is 3.01. The topological polar surface area (TPSA) is 69.0 Å². The number of fused-ring (bicyclic) bond motifs is 1. The van der Waals surface area contributed by atoms with Crippen LogP contribution in [0.3, 0.4) is 0 Å². The summed E-state index contributed by atoms with van der Waals surface area (Å²) in [5.74, 6) is 0.554. The highest BCUT2D eigenvalue weighted by Crippen LogP contribution is 2.20. The van der Waals surface area contributed by atoms with E-state index in [-0.39, 0.29) is 5.91 Å². The number of ether oxygens (including phenoxy) is 1. The number of methoxy groups -OCH3 is 1. The van der Waals surface area contributed by atoms with E-state index in [4.69, 9.17) is 4.74 Å². The molecule has 0 radical (unpaired) electrons. The highest BCUT2D eigenvalue weighted by Gasteiger charge is 2.11. The van der Waals surface area contributed by atoms with Crippen LogP contribution in [0.25, 0.3) is 11.0 Å². The fraction of sp³-hybridized carbons (Fsp3) is 0.316. The zero-order valence-electron chi connectivity index (χ0n) is 14.7. The number of carbonyl (C=O) groups excluding carboxylic acids is 1. The molecule has 1 amide bonds. The van der Waals surface area contributed by atoms with Gasteiger partial charge < -0.3 is 14.6 Å². The van der Waals surface area contributed by atoms with Crippen LogP contribution < -0.4 is 10.1 Å². The Bertz CT molecular complexity index is 902. The van der Waals surface area contributed by atoms with Crippen molar-refractivity contribution < 1.29 is 9.53 Å². The monoisotopic (exact) mass is 338 g/mol. The highest BCUT2D eigenvalue weighted by atomic mass is 16.5. The van der Waals surface area contributed by atoms with E-state index in [2.05, 4.69) is 15.3 Å². The molecule has 0 aliphatic carbocycles. The van der Waals surface area contributed by atoms with E-state index < -0.39 is 0 Å². The van der Waals surface area contributed by atoms with Crippen molar-refractivity contribution in [2.75, 3.05) is 7.11 Å². The van der Waals surface area contributed by atoms with E-state index in [0.29, 0.717) is 25.4 Å². The van der Waals surface area contributed by atoms with Crippen molar-refractivity contribution in [3.8, 4) is 5.88 Å². The molecule has 2 heterocycles. The zero-order chi connectivity index (χ0) is 17.8. The molecule has 130 valence electrons. The molecule has 0 saturated carbocycles. The van der Waals surface area contributed by atoms with Gasteiger partial charge >= 0.3 is 0 Å². The molecule has 0 atom stereocenters. The third kappa shape index (κ3) is 3.79. The van der Waals surface area contributed by atoms with Crippen LogP contribution >= 0.6 is 0 Å². The number of nitrogens with zero attached hydrogens (tertiary/aromatic N) is 3. The van der Waals surface area contributed by atoms with Gasteiger partial charge in [0.25, 0.3) is 0 Å². The number of aromatic nitrogens is 3. The number of imidazole rings is 1. The van der Waals surface area contributed by atoms with Crippen LogP contribution in [0, 0.1) is 13.8 Å². The molecule has 6 heteroatoms. The first kappa shape index (κ1) is 17.0. The van der Waals surface area contributed by atoms with E-state index in [1.54, 1.807) is 13.4 Å². The van der Waals surface area contributed by atoms with Gasteiger partial charge in [-0.3, -0.25) is 4.79 Å². The number of benzene rings is 1. The number of aryl methyl sites for hydroxylation is 3. The predicted molar refractivity (Wildman–Crippen MR) is 96.5 cm³/mol. The first-order chi connectivity index (χ1) is 12.1. The lowest BCUT2D eigenvalue weighted by Crippen LogP contribution is -2.24. The van der Waals surface area contributed by atoms with Gasteiger partial charge in [-0.1, -0.05) is 12.1 Å². The molecule has 0 fully saturated rings. The summed E-state index contributed by atoms with van der Waals surface area (Å²) in [4.78, 5) is 20.9. The second kappa shape index (κ2) is 7.34. The standard InChI is InChI=1S/C19H22N4O2/c1-13-10-14(2)22-19(25-3)15(13)11-20-18(24)8-9-23-12-21-16-6-4-5-7-17(16)23/h4-7,10,12H,8-9,11H2,1-3H3,(H,20,24). The lowest BCUT2D eigenvalue weighted by Gasteiger charge is -2.13. The Morgan fingerprint density at radius 2 is 2.08 bits per heavy atom. The SMILES string of the molecule is COc1nc(C)cc(C)c1CNC(=O)CCn1cnc2ccccc21. The number of carbonyl (C=O) groups is 1. The number of rotatable bonds is 6. The van der Waals surface area contributed by atoms with Crippen molar-refractivity contribution >= 4 is 16.9 Å². The third-order valence-electron chi connectivity index (χ3n) is 4.20. The number of hydrogen-bond acceptors (Lipinski definition) is 4. The summed E-state index contributed by atoms with van der Waals surface area (Å²) in [5, 5.41) is 2.95. The smallest absolute Gasteiger partial charge is 0.222 e. The minimum atomic E-state index is -0.0141. The maximum Gasteiger partial charge on any atom is 0.222 e. The van der Waals surface area contributed by atoms with Crippen LogP contribution in [-0.4, -0.2) is 27.6 Å². The van der Waals surface area contributed by atoms with Crippen LogP contribution in [0.5, 0.6) is 5.88 Å². The molecule has 3 aromatic rings. The first-order valence-corrected chi connectivity index (χ1v) is 8.26. The zero-order valence-corrected chi connectivity index (χ0v) is 14.7. The molecule has 3 rings (SSSR count). The summed E-state index contributed by atoms with van der Waals surface area (Å²) >= 11 is 0. The molecule has 25 heavy (non-hydrogen) atoms. The highest BCUT2D eigenvalue weighted by molar-refractivity contribution is 5.77. The van der Waals surface area contributed by atoms with E-state index >= 15 is 0 Å². The van der Waals surface area contributed by atoms with Crippen LogP contribution in [0.1, 0.15) is 23.2 Å². The summed E-state index contributed by atoms with van der Waals surface area (Å²) in [6.07, 6.45) is 2.16. The Balaban J connectivity index is 1.60. The molecule has 1 N–H and O–H groups in total. The molecule has 2 aromatic heterocycles. The van der Waals surface area contributed by atoms with E-state index in [1.807, 2.05) is 48.7 Å². The fourth-order valence-electron chi connectivity index (χ4n) is 2.90. The number of nitrogens with one attached hydrogen (secondary N) is 1. The van der Waals surface area contributed by atoms with Gasteiger partial charge in [-0.2, -0.15) is 0 Å². The van der Waals surface area contributed by atoms with Crippen molar-refractivity contribution in [3.63, 3.8) is 0 Å². The Morgan fingerprint density at radius 3 is 2.88 bits per heavy atom. The van der Waals surface area contributed by atoms with Crippen molar-refractivity contribution in [1.29, 1.82) is 0 Å². The van der Waals surface area contributed by atoms with Crippen molar-refractivity contribution in [1.82, 2.24) is 19.9 Å². The summed E-state index contributed by atoms with van der Waals surface area (Å²) in [6.45, 7) is 4.92. The molecule has 0 unspecified atom stereocenters. The quantitative estimate of drug-likeness (QED) is 0.750. The van der Waals surface area contributed by atoms with Gasteiger partial charge in [0.15, 0.2) is 0 Å². The Morgan fingerprint density at radius 1 is 1.28 bits per heavy atom. The van der Waals surface area contributed by atoms with Crippen LogP contribution in [0.4, 0.5) is 0 Å². The number of para-hydroxylation sites is 2. The lowest BCUT2D eigenvalue weighted by atomic mass is 10.1. The Hall–Kier alpha value is -2.89. The Labute approximate surface area is 146 Å². The second-order valence-electron chi connectivity index (χ2n) is 6.02. The second-order valence-corrected chi connectivity index (χ2v) is 6.02. The fourth-order valence-corrected chi connectivity index (χ4v) is 2.90. The molecule has 1 aromatic carbocycles. The molecule has 0 aliphatic rings. The molecule has 0 aliphatic heterocycles. The van der Waals surface area contributed by atoms with Crippen LogP contribution in [-0.2, 0) is 17.9 Å². The van der Waals surface area contributed by atoms with E-state index in [0.717, 1.165) is 27.9 Å². The van der Waals surface area contributed by atoms with E-state index in [1.165, 1.54) is 0 Å². The van der Waals surface area contributed by atoms with Gasteiger partial charge in [-0.05, 0) is 37.6 Å². The summed E-state index contributed by atoms with van der Waals surface area (Å²) in [6, 6.07) is 9.89. The Kier molecular flexibility index (Phi) is 4.97. The molecule has 0 bridgehead atoms. The third-order valence-corrected chi connectivity index (χ3v) is 4.20. The molecule has 6 nitrogen and oxygen atoms in total. The van der Waals surface area contributed by atoms with Crippen LogP contribution in [0.15, 0.2) is 36.7 Å². The predicted octanol–water partition coefficient (Wildman–Crippen LogP) is 2.76. The maximum absolute atomic E-state index is 12.2. The van der Waals surface area contributed by atoms with Crippen molar-refractivity contribution in [3.05, 3.63) is 53.5 Å². The van der Waals surface area contributed by atoms with Gasteiger partial charge in [0, 0.05) is 30.8 Å². The largest absolute Gasteiger partial charge is 0.481 e. The van der Waals surface area contributed by atoms with Gasteiger partial charge in [-0.15, -0.1) is 0 Å². The maximum atomic E-state index is 12.2. The lowest BCUT2D eigenvalue weighted by molar-refractivity contribution is -0.121. The van der Waals surface area contributed by atoms with Crippen LogP contribution in [0.2, 0.25) is 0 Å². The summed E-state index contributed by atoms with van der Waals surface area (Å²) in [5.41, 5.74) is 4.85. The van der Waals surface area contributed by atoms with Crippen molar-refractivity contribution in [2.24, 2.45) is 0 Å². The number of pyridine rings is 1. The number of amides is 1. The van der Waals surface area contributed by atoms with Gasteiger partial charge in [0.2, 0.25) is 11.8 Å². The molecule has 0 saturated heterocycles. The van der Waals surface area contributed by atoms with Gasteiger partial charge in [0.05, 0.1) is 24.5 Å². The summed E-state index contributed by atoms with van der Waals surface area (Å²) < 4.78 is 7.33. The van der Waals surface area contributed by atoms with Gasteiger partial charge in [-0.25, -0.2) is 9.97 Å². The molecular weight excluding hydrogens is 316 g/mol. The minimum Gasteiger partial charge on any atom is -0.481 e. The first-order valence-electron chi connectivity index (χ1n) is 8.26. The van der Waals surface area contributed by atoms with Crippen molar-refractivity contribution in [2.45, 2.75) is 33.4 Å². The average molecular weight is 338 g/mol. The normalized spacial score (nSPS) is 10.8. The molecular formula is C19H22N4O2. The summed E-state index contributed by atoms with van der Waals surface area (Å²) in [7, 11) is 1.59. The van der Waals surface area contributed by atoms with E-state index in [9.17, 15) is 4.79 Å². The molecule has 0 spiro atoms. The number of hydrogen-bond donors (Lipinski definition) is 1.